The number of halogens is 2. The van der Waals surface area contributed by atoms with Crippen molar-refractivity contribution in [3.8, 4) is 0 Å². The molecule has 6 nitrogen and oxygen atoms in total. The quantitative estimate of drug-likeness (QED) is 0.676. The summed E-state index contributed by atoms with van der Waals surface area (Å²) >= 11 is 9.04. The van der Waals surface area contributed by atoms with Crippen molar-refractivity contribution < 1.29 is 14.1 Å². The fourth-order valence-electron chi connectivity index (χ4n) is 1.31. The number of nitro groups is 1. The van der Waals surface area contributed by atoms with E-state index in [2.05, 4.69) is 21.2 Å². The third-order valence-electron chi connectivity index (χ3n) is 2.17. The molecule has 8 heteroatoms. The molecule has 0 aliphatic carbocycles. The molecule has 1 heterocycles. The van der Waals surface area contributed by atoms with E-state index in [4.69, 9.17) is 16.0 Å². The van der Waals surface area contributed by atoms with Crippen molar-refractivity contribution in [2.24, 2.45) is 0 Å². The summed E-state index contributed by atoms with van der Waals surface area (Å²) in [5.41, 5.74) is 0.486. The lowest BCUT2D eigenvalue weighted by Crippen LogP contribution is -2.10. The van der Waals surface area contributed by atoms with Gasteiger partial charge >= 0.3 is 5.88 Å². The summed E-state index contributed by atoms with van der Waals surface area (Å²) in [5.74, 6) is -1.21. The van der Waals surface area contributed by atoms with Gasteiger partial charge in [0.25, 0.3) is 5.91 Å². The Kier molecular flexibility index (Phi) is 3.87. The Morgan fingerprint density at radius 1 is 1.37 bits per heavy atom. The monoisotopic (exact) mass is 344 g/mol. The Morgan fingerprint density at radius 2 is 2.11 bits per heavy atom. The van der Waals surface area contributed by atoms with E-state index in [1.54, 1.807) is 18.2 Å². The van der Waals surface area contributed by atoms with E-state index in [1.165, 1.54) is 6.07 Å². The van der Waals surface area contributed by atoms with E-state index < -0.39 is 16.7 Å². The number of carbonyl (C=O) groups is 1. The van der Waals surface area contributed by atoms with Crippen LogP contribution in [0.2, 0.25) is 5.02 Å². The number of rotatable bonds is 3. The van der Waals surface area contributed by atoms with Crippen LogP contribution in [0.4, 0.5) is 11.6 Å². The maximum absolute atomic E-state index is 11.8. The molecular weight excluding hydrogens is 339 g/mol. The summed E-state index contributed by atoms with van der Waals surface area (Å²) in [7, 11) is 0. The van der Waals surface area contributed by atoms with Crippen LogP contribution in [0.15, 0.2) is 39.2 Å². The largest absolute Gasteiger partial charge is 0.433 e. The Morgan fingerprint density at radius 3 is 2.68 bits per heavy atom. The molecule has 0 saturated carbocycles. The lowest BCUT2D eigenvalue weighted by molar-refractivity contribution is -0.402. The maximum atomic E-state index is 11.8. The van der Waals surface area contributed by atoms with Gasteiger partial charge in [-0.3, -0.25) is 14.9 Å². The van der Waals surface area contributed by atoms with Crippen molar-refractivity contribution in [2.75, 3.05) is 5.32 Å². The van der Waals surface area contributed by atoms with Crippen molar-refractivity contribution in [3.05, 3.63) is 55.7 Å². The Labute approximate surface area is 120 Å². The fraction of sp³-hybridized carbons (Fsp3) is 0. The van der Waals surface area contributed by atoms with Crippen LogP contribution < -0.4 is 5.32 Å². The van der Waals surface area contributed by atoms with Crippen LogP contribution in [0.5, 0.6) is 0 Å². The second kappa shape index (κ2) is 5.41. The van der Waals surface area contributed by atoms with E-state index in [0.29, 0.717) is 15.2 Å². The summed E-state index contributed by atoms with van der Waals surface area (Å²) in [6.45, 7) is 0. The van der Waals surface area contributed by atoms with Crippen molar-refractivity contribution in [3.63, 3.8) is 0 Å². The lowest BCUT2D eigenvalue weighted by Gasteiger charge is -2.04. The van der Waals surface area contributed by atoms with Crippen LogP contribution >= 0.6 is 27.5 Å². The van der Waals surface area contributed by atoms with Crippen molar-refractivity contribution in [1.29, 1.82) is 0 Å². The average molecular weight is 346 g/mol. The van der Waals surface area contributed by atoms with E-state index in [0.717, 1.165) is 6.07 Å². The van der Waals surface area contributed by atoms with Gasteiger partial charge in [-0.1, -0.05) is 11.6 Å². The number of carbonyl (C=O) groups excluding carboxylic acids is 1. The van der Waals surface area contributed by atoms with Gasteiger partial charge in [-0.05, 0) is 40.2 Å². The number of nitrogens with one attached hydrogen (secondary N) is 1. The third kappa shape index (κ3) is 3.12. The molecule has 0 unspecified atom stereocenters. The normalized spacial score (nSPS) is 10.2. The van der Waals surface area contributed by atoms with Gasteiger partial charge in [0.2, 0.25) is 0 Å². The van der Waals surface area contributed by atoms with Crippen LogP contribution in [0.3, 0.4) is 0 Å². The van der Waals surface area contributed by atoms with E-state index in [-0.39, 0.29) is 5.76 Å². The highest BCUT2D eigenvalue weighted by atomic mass is 79.9. The number of furan rings is 1. The number of benzene rings is 1. The van der Waals surface area contributed by atoms with Crippen LogP contribution in [-0.2, 0) is 0 Å². The molecule has 1 aromatic heterocycles. The zero-order chi connectivity index (χ0) is 14.0. The Bertz CT molecular complexity index is 656. The first-order valence-corrected chi connectivity index (χ1v) is 6.15. The van der Waals surface area contributed by atoms with Gasteiger partial charge in [0.15, 0.2) is 5.76 Å². The maximum Gasteiger partial charge on any atom is 0.433 e. The van der Waals surface area contributed by atoms with Crippen LogP contribution in [-0.4, -0.2) is 10.8 Å². The SMILES string of the molecule is O=C(Nc1ccc(Cl)c(Br)c1)c1ccc([N+](=O)[O-])o1. The predicted molar refractivity (Wildman–Crippen MR) is 72.5 cm³/mol. The molecule has 0 saturated heterocycles. The highest BCUT2D eigenvalue weighted by Crippen LogP contribution is 2.26. The third-order valence-corrected chi connectivity index (χ3v) is 3.39. The van der Waals surface area contributed by atoms with Gasteiger partial charge in [0.05, 0.1) is 11.1 Å². The molecular formula is C11H6BrClN2O4. The van der Waals surface area contributed by atoms with Crippen molar-refractivity contribution in [2.45, 2.75) is 0 Å². The number of anilines is 1. The molecule has 0 bridgehead atoms. The molecule has 1 amide bonds. The average Bonchev–Trinajstić information content (AvgIpc) is 2.83. The summed E-state index contributed by atoms with van der Waals surface area (Å²) in [4.78, 5) is 21.5. The first-order chi connectivity index (χ1) is 8.97. The minimum absolute atomic E-state index is 0.141. The molecule has 2 rings (SSSR count). The minimum atomic E-state index is -0.713. The first kappa shape index (κ1) is 13.6. The smallest absolute Gasteiger partial charge is 0.395 e. The zero-order valence-corrected chi connectivity index (χ0v) is 11.6. The summed E-state index contributed by atoms with van der Waals surface area (Å²) < 4.78 is 5.41. The highest BCUT2D eigenvalue weighted by molar-refractivity contribution is 9.10. The van der Waals surface area contributed by atoms with Gasteiger partial charge in [0.1, 0.15) is 4.92 Å². The topological polar surface area (TPSA) is 85.4 Å². The summed E-state index contributed by atoms with van der Waals surface area (Å²) in [5, 5.41) is 13.5. The van der Waals surface area contributed by atoms with Gasteiger partial charge < -0.3 is 9.73 Å². The molecule has 1 N–H and O–H groups in total. The molecule has 2 aromatic rings. The Balaban J connectivity index is 2.15. The molecule has 0 spiro atoms. The molecule has 0 atom stereocenters. The lowest BCUT2D eigenvalue weighted by atomic mass is 10.3. The van der Waals surface area contributed by atoms with E-state index >= 15 is 0 Å². The molecule has 0 fully saturated rings. The van der Waals surface area contributed by atoms with Gasteiger partial charge in [-0.15, -0.1) is 0 Å². The van der Waals surface area contributed by atoms with Crippen molar-refractivity contribution in [1.82, 2.24) is 0 Å². The number of hydrogen-bond donors (Lipinski definition) is 1. The van der Waals surface area contributed by atoms with Gasteiger partial charge in [0, 0.05) is 10.2 Å². The van der Waals surface area contributed by atoms with Gasteiger partial charge in [-0.25, -0.2) is 0 Å². The van der Waals surface area contributed by atoms with E-state index in [9.17, 15) is 14.9 Å². The Hall–Kier alpha value is -1.86. The standard InChI is InChI=1S/C11H6BrClN2O4/c12-7-5-6(1-2-8(7)13)14-11(16)9-3-4-10(19-9)15(17)18/h1-5H,(H,14,16). The second-order valence-electron chi connectivity index (χ2n) is 3.48. The van der Waals surface area contributed by atoms with E-state index in [1.807, 2.05) is 0 Å². The minimum Gasteiger partial charge on any atom is -0.395 e. The first-order valence-electron chi connectivity index (χ1n) is 4.98. The van der Waals surface area contributed by atoms with Crippen LogP contribution in [0, 0.1) is 10.1 Å². The van der Waals surface area contributed by atoms with Crippen LogP contribution in [0.1, 0.15) is 10.6 Å². The fourth-order valence-corrected chi connectivity index (χ4v) is 1.81. The number of hydrogen-bond acceptors (Lipinski definition) is 4. The molecule has 19 heavy (non-hydrogen) atoms. The molecule has 0 aliphatic rings. The molecule has 0 aliphatic heterocycles. The summed E-state index contributed by atoms with van der Waals surface area (Å²) in [6.07, 6.45) is 0. The molecule has 0 radical (unpaired) electrons. The second-order valence-corrected chi connectivity index (χ2v) is 4.74. The highest BCUT2D eigenvalue weighted by Gasteiger charge is 2.17. The number of amides is 1. The van der Waals surface area contributed by atoms with Crippen molar-refractivity contribution >= 4 is 45.0 Å². The molecule has 1 aromatic carbocycles. The van der Waals surface area contributed by atoms with Gasteiger partial charge in [-0.2, -0.15) is 0 Å². The molecule has 98 valence electrons. The number of nitrogens with zero attached hydrogens (tertiary/aromatic N) is 1. The van der Waals surface area contributed by atoms with Crippen LogP contribution in [0.25, 0.3) is 0 Å². The predicted octanol–water partition coefficient (Wildman–Crippen LogP) is 3.86. The summed E-state index contributed by atoms with van der Waals surface area (Å²) in [6, 6.07) is 7.16. The zero-order valence-electron chi connectivity index (χ0n) is 9.22.